The van der Waals surface area contributed by atoms with Gasteiger partial charge in [0.15, 0.2) is 0 Å². The highest BCUT2D eigenvalue weighted by Crippen LogP contribution is 2.31. The molecule has 1 aliphatic heterocycles. The van der Waals surface area contributed by atoms with Crippen LogP contribution >= 0.6 is 11.3 Å². The number of para-hydroxylation sites is 2. The number of carbonyl (C=O) groups excluding carboxylic acids is 1. The molecule has 5 nitrogen and oxygen atoms in total. The quantitative estimate of drug-likeness (QED) is 0.873. The van der Waals surface area contributed by atoms with E-state index in [1.165, 1.54) is 11.3 Å². The zero-order valence-corrected chi connectivity index (χ0v) is 14.5. The second-order valence-electron chi connectivity index (χ2n) is 5.94. The summed E-state index contributed by atoms with van der Waals surface area (Å²) in [6.45, 7) is 2.04. The van der Waals surface area contributed by atoms with Gasteiger partial charge in [0, 0.05) is 31.1 Å². The lowest BCUT2D eigenvalue weighted by atomic mass is 9.97. The lowest BCUT2D eigenvalue weighted by Crippen LogP contribution is -2.35. The topological polar surface area (TPSA) is 61.8 Å². The number of hydrogen-bond donors (Lipinski definition) is 2. The molecule has 1 aromatic carbocycles. The number of rotatable bonds is 5. The van der Waals surface area contributed by atoms with Gasteiger partial charge in [-0.1, -0.05) is 12.1 Å². The Morgan fingerprint density at radius 2 is 2.12 bits per heavy atom. The van der Waals surface area contributed by atoms with Crippen LogP contribution in [0, 0.1) is 5.92 Å². The first kappa shape index (κ1) is 16.8. The van der Waals surface area contributed by atoms with Gasteiger partial charge < -0.3 is 20.1 Å². The normalized spacial score (nSPS) is 15.3. The third-order valence-electron chi connectivity index (χ3n) is 4.40. The van der Waals surface area contributed by atoms with E-state index in [-0.39, 0.29) is 12.5 Å². The van der Waals surface area contributed by atoms with Crippen molar-refractivity contribution < 1.29 is 14.6 Å². The average molecular weight is 346 g/mol. The Kier molecular flexibility index (Phi) is 5.37. The van der Waals surface area contributed by atoms with Crippen LogP contribution in [0.3, 0.4) is 0 Å². The first-order chi connectivity index (χ1) is 11.7. The molecule has 1 aromatic heterocycles. The molecule has 1 saturated heterocycles. The molecule has 24 heavy (non-hydrogen) atoms. The fourth-order valence-corrected chi connectivity index (χ4v) is 3.69. The first-order valence-corrected chi connectivity index (χ1v) is 8.98. The van der Waals surface area contributed by atoms with Gasteiger partial charge in [0.25, 0.3) is 5.91 Å². The lowest BCUT2D eigenvalue weighted by molar-refractivity contribution is 0.103. The molecule has 0 unspecified atom stereocenters. The second-order valence-corrected chi connectivity index (χ2v) is 6.85. The van der Waals surface area contributed by atoms with Crippen LogP contribution in [0.25, 0.3) is 0 Å². The summed E-state index contributed by atoms with van der Waals surface area (Å²) < 4.78 is 5.14. The van der Waals surface area contributed by atoms with Crippen molar-refractivity contribution in [2.24, 2.45) is 5.92 Å². The number of thiophene rings is 1. The highest BCUT2D eigenvalue weighted by molar-refractivity contribution is 7.12. The molecule has 0 atom stereocenters. The van der Waals surface area contributed by atoms with Gasteiger partial charge in [-0.3, -0.25) is 4.79 Å². The molecular weight excluding hydrogens is 324 g/mol. The molecule has 0 radical (unpaired) electrons. The number of piperidine rings is 1. The summed E-state index contributed by atoms with van der Waals surface area (Å²) >= 11 is 1.37. The molecule has 1 amide bonds. The monoisotopic (exact) mass is 346 g/mol. The maximum Gasteiger partial charge on any atom is 0.265 e. The van der Waals surface area contributed by atoms with Gasteiger partial charge in [0.2, 0.25) is 0 Å². The van der Waals surface area contributed by atoms with Crippen molar-refractivity contribution in [1.29, 1.82) is 0 Å². The predicted octanol–water partition coefficient (Wildman–Crippen LogP) is 3.22. The van der Waals surface area contributed by atoms with Crippen LogP contribution in [-0.4, -0.2) is 37.8 Å². The third kappa shape index (κ3) is 3.71. The van der Waals surface area contributed by atoms with E-state index in [1.54, 1.807) is 13.2 Å². The van der Waals surface area contributed by atoms with Crippen LogP contribution in [0.2, 0.25) is 0 Å². The number of nitrogens with one attached hydrogen (secondary N) is 1. The molecular formula is C18H22N2O3S. The summed E-state index contributed by atoms with van der Waals surface area (Å²) in [6, 6.07) is 9.61. The third-order valence-corrected chi connectivity index (χ3v) is 5.31. The van der Waals surface area contributed by atoms with Crippen molar-refractivity contribution in [2.45, 2.75) is 12.8 Å². The summed E-state index contributed by atoms with van der Waals surface area (Å²) in [5.41, 5.74) is 1.85. The van der Waals surface area contributed by atoms with E-state index in [2.05, 4.69) is 10.2 Å². The first-order valence-electron chi connectivity index (χ1n) is 8.10. The summed E-state index contributed by atoms with van der Waals surface area (Å²) in [7, 11) is 1.59. The largest absolute Gasteiger partial charge is 0.496 e. The van der Waals surface area contributed by atoms with Gasteiger partial charge in [0.1, 0.15) is 5.75 Å². The summed E-state index contributed by atoms with van der Waals surface area (Å²) in [5.74, 6) is 0.965. The minimum atomic E-state index is -0.124. The number of amides is 1. The summed E-state index contributed by atoms with van der Waals surface area (Å²) in [5, 5.41) is 14.1. The van der Waals surface area contributed by atoms with Crippen LogP contribution in [0.1, 0.15) is 22.5 Å². The van der Waals surface area contributed by atoms with E-state index < -0.39 is 0 Å². The maximum absolute atomic E-state index is 12.5. The molecule has 128 valence electrons. The molecule has 2 aromatic rings. The number of carbonyl (C=O) groups is 1. The second kappa shape index (κ2) is 7.68. The number of benzene rings is 1. The molecule has 0 saturated carbocycles. The van der Waals surface area contributed by atoms with Gasteiger partial charge in [-0.25, -0.2) is 0 Å². The van der Waals surface area contributed by atoms with Crippen molar-refractivity contribution in [3.63, 3.8) is 0 Å². The van der Waals surface area contributed by atoms with Crippen LogP contribution in [0.4, 0.5) is 11.4 Å². The van der Waals surface area contributed by atoms with Gasteiger partial charge in [-0.05, 0) is 30.9 Å². The van der Waals surface area contributed by atoms with Gasteiger partial charge in [-0.15, -0.1) is 11.3 Å². The van der Waals surface area contributed by atoms with Crippen LogP contribution in [0.5, 0.6) is 5.75 Å². The van der Waals surface area contributed by atoms with Crippen molar-refractivity contribution in [3.8, 4) is 5.75 Å². The Bertz CT molecular complexity index is 693. The van der Waals surface area contributed by atoms with E-state index in [1.807, 2.05) is 29.6 Å². The molecule has 1 aliphatic rings. The van der Waals surface area contributed by atoms with E-state index in [0.29, 0.717) is 16.5 Å². The molecule has 2 N–H and O–H groups in total. The Morgan fingerprint density at radius 3 is 2.79 bits per heavy atom. The minimum absolute atomic E-state index is 0.124. The van der Waals surface area contributed by atoms with E-state index in [4.69, 9.17) is 4.74 Å². The fraction of sp³-hybridized carbons (Fsp3) is 0.389. The number of anilines is 2. The van der Waals surface area contributed by atoms with Crippen molar-refractivity contribution >= 4 is 28.6 Å². The predicted molar refractivity (Wildman–Crippen MR) is 97.3 cm³/mol. The maximum atomic E-state index is 12.5. The molecule has 2 heterocycles. The smallest absolute Gasteiger partial charge is 0.265 e. The number of aliphatic hydroxyl groups is 1. The molecule has 0 bridgehead atoms. The average Bonchev–Trinajstić information content (AvgIpc) is 3.12. The fourth-order valence-electron chi connectivity index (χ4n) is 2.94. The van der Waals surface area contributed by atoms with Crippen molar-refractivity contribution in [1.82, 2.24) is 0 Å². The molecule has 6 heteroatoms. The standard InChI is InChI=1S/C18H22N2O3S/c1-23-14-10-17(24-12-14)18(22)19-15-4-2-3-5-16(15)20-8-6-13(11-21)7-9-20/h2-5,10,12-13,21H,6-9,11H2,1H3,(H,19,22). The highest BCUT2D eigenvalue weighted by Gasteiger charge is 2.21. The molecule has 1 fully saturated rings. The molecule has 3 rings (SSSR count). The minimum Gasteiger partial charge on any atom is -0.496 e. The van der Waals surface area contributed by atoms with Crippen LogP contribution in [-0.2, 0) is 0 Å². The van der Waals surface area contributed by atoms with E-state index in [0.717, 1.165) is 37.3 Å². The van der Waals surface area contributed by atoms with E-state index >= 15 is 0 Å². The van der Waals surface area contributed by atoms with Crippen LogP contribution in [0.15, 0.2) is 35.7 Å². The van der Waals surface area contributed by atoms with Crippen molar-refractivity contribution in [3.05, 3.63) is 40.6 Å². The van der Waals surface area contributed by atoms with E-state index in [9.17, 15) is 9.90 Å². The van der Waals surface area contributed by atoms with Gasteiger partial charge >= 0.3 is 0 Å². The van der Waals surface area contributed by atoms with Crippen LogP contribution < -0.4 is 15.0 Å². The van der Waals surface area contributed by atoms with Crippen molar-refractivity contribution in [2.75, 3.05) is 37.0 Å². The Hall–Kier alpha value is -2.05. The number of methoxy groups -OCH3 is 1. The highest BCUT2D eigenvalue weighted by atomic mass is 32.1. The zero-order chi connectivity index (χ0) is 16.9. The Morgan fingerprint density at radius 1 is 1.38 bits per heavy atom. The number of aliphatic hydroxyl groups excluding tert-OH is 1. The van der Waals surface area contributed by atoms with Gasteiger partial charge in [0.05, 0.1) is 23.4 Å². The zero-order valence-electron chi connectivity index (χ0n) is 13.7. The number of nitrogens with zero attached hydrogens (tertiary/aromatic N) is 1. The molecule has 0 aliphatic carbocycles. The lowest BCUT2D eigenvalue weighted by Gasteiger charge is -2.34. The van der Waals surface area contributed by atoms with Gasteiger partial charge in [-0.2, -0.15) is 0 Å². The number of ether oxygens (including phenoxy) is 1. The summed E-state index contributed by atoms with van der Waals surface area (Å²) in [4.78, 5) is 15.4. The summed E-state index contributed by atoms with van der Waals surface area (Å²) in [6.07, 6.45) is 1.95. The Balaban J connectivity index is 1.73. The molecule has 0 spiro atoms. The SMILES string of the molecule is COc1csc(C(=O)Nc2ccccc2N2CCC(CO)CC2)c1. The number of hydrogen-bond acceptors (Lipinski definition) is 5. The Labute approximate surface area is 145 Å².